The molecule has 0 spiro atoms. The van der Waals surface area contributed by atoms with Crippen molar-refractivity contribution in [3.63, 3.8) is 0 Å². The number of aromatic amines is 1. The first-order valence-electron chi connectivity index (χ1n) is 6.20. The fraction of sp³-hybridized carbons (Fsp3) is 0.357. The highest BCUT2D eigenvalue weighted by Gasteiger charge is 2.34. The lowest BCUT2D eigenvalue weighted by Gasteiger charge is -2.35. The molecule has 94 valence electrons. The number of benzene rings is 1. The number of fused-ring (bicyclic) bond motifs is 3. The van der Waals surface area contributed by atoms with Crippen molar-refractivity contribution >= 4 is 16.8 Å². The van der Waals surface area contributed by atoms with Crippen LogP contribution in [0.15, 0.2) is 24.3 Å². The lowest BCUT2D eigenvalue weighted by molar-refractivity contribution is -0.123. The summed E-state index contributed by atoms with van der Waals surface area (Å²) in [5.41, 5.74) is 9.07. The van der Waals surface area contributed by atoms with E-state index in [2.05, 4.69) is 24.0 Å². The van der Waals surface area contributed by atoms with Gasteiger partial charge < -0.3 is 10.7 Å². The molecule has 3 N–H and O–H groups in total. The van der Waals surface area contributed by atoms with Gasteiger partial charge in [0.2, 0.25) is 5.91 Å². The molecule has 0 unspecified atom stereocenters. The number of aromatic nitrogens is 1. The fourth-order valence-corrected chi connectivity index (χ4v) is 2.91. The van der Waals surface area contributed by atoms with Gasteiger partial charge in [-0.15, -0.1) is 0 Å². The number of carbonyl (C=O) groups is 1. The van der Waals surface area contributed by atoms with Gasteiger partial charge in [0.1, 0.15) is 0 Å². The van der Waals surface area contributed by atoms with Crippen LogP contribution in [0.3, 0.4) is 0 Å². The topological polar surface area (TPSA) is 62.1 Å². The molecule has 0 radical (unpaired) electrons. The van der Waals surface area contributed by atoms with Gasteiger partial charge in [0.15, 0.2) is 0 Å². The molecule has 4 nitrogen and oxygen atoms in total. The molecule has 2 atom stereocenters. The van der Waals surface area contributed by atoms with Crippen molar-refractivity contribution in [2.45, 2.75) is 25.4 Å². The number of hydrogen-bond acceptors (Lipinski definition) is 2. The smallest absolute Gasteiger partial charge is 0.235 e. The first-order chi connectivity index (χ1) is 8.59. The Hall–Kier alpha value is -1.81. The predicted octanol–water partition coefficient (Wildman–Crippen LogP) is 1.57. The summed E-state index contributed by atoms with van der Waals surface area (Å²) >= 11 is 0. The molecule has 2 heterocycles. The molecule has 2 aromatic rings. The summed E-state index contributed by atoms with van der Waals surface area (Å²) in [6.07, 6.45) is 0.690. The largest absolute Gasteiger partial charge is 0.368 e. The van der Waals surface area contributed by atoms with E-state index >= 15 is 0 Å². The summed E-state index contributed by atoms with van der Waals surface area (Å²) in [6, 6.07) is 8.17. The minimum atomic E-state index is -0.250. The first kappa shape index (κ1) is 11.3. The predicted molar refractivity (Wildman–Crippen MR) is 71.2 cm³/mol. The lowest BCUT2D eigenvalue weighted by Crippen LogP contribution is -2.48. The maximum Gasteiger partial charge on any atom is 0.235 e. The van der Waals surface area contributed by atoms with Crippen molar-refractivity contribution in [1.29, 1.82) is 0 Å². The van der Waals surface area contributed by atoms with Crippen LogP contribution in [0.25, 0.3) is 10.9 Å². The molecule has 1 amide bonds. The highest BCUT2D eigenvalue weighted by Crippen LogP contribution is 2.35. The molecule has 1 aromatic carbocycles. The van der Waals surface area contributed by atoms with Gasteiger partial charge in [-0.3, -0.25) is 9.69 Å². The van der Waals surface area contributed by atoms with Gasteiger partial charge >= 0.3 is 0 Å². The van der Waals surface area contributed by atoms with Gasteiger partial charge in [0.05, 0.1) is 6.04 Å². The molecule has 1 aliphatic heterocycles. The Morgan fingerprint density at radius 3 is 2.89 bits per heavy atom. The van der Waals surface area contributed by atoms with E-state index < -0.39 is 0 Å². The van der Waals surface area contributed by atoms with Crippen molar-refractivity contribution < 1.29 is 4.79 Å². The Morgan fingerprint density at radius 2 is 2.17 bits per heavy atom. The van der Waals surface area contributed by atoms with Gasteiger partial charge in [-0.2, -0.15) is 0 Å². The van der Waals surface area contributed by atoms with Gasteiger partial charge in [0.25, 0.3) is 0 Å². The summed E-state index contributed by atoms with van der Waals surface area (Å²) in [4.78, 5) is 17.1. The molecular weight excluding hydrogens is 226 g/mol. The van der Waals surface area contributed by atoms with E-state index in [9.17, 15) is 4.79 Å². The van der Waals surface area contributed by atoms with E-state index in [4.69, 9.17) is 5.73 Å². The molecule has 0 bridgehead atoms. The quantitative estimate of drug-likeness (QED) is 0.798. The van der Waals surface area contributed by atoms with Crippen molar-refractivity contribution in [2.24, 2.45) is 5.73 Å². The summed E-state index contributed by atoms with van der Waals surface area (Å²) in [7, 11) is 1.95. The van der Waals surface area contributed by atoms with Crippen molar-refractivity contribution in [1.82, 2.24) is 9.88 Å². The number of hydrogen-bond donors (Lipinski definition) is 2. The minimum Gasteiger partial charge on any atom is -0.368 e. The van der Waals surface area contributed by atoms with Gasteiger partial charge in [0, 0.05) is 22.6 Å². The number of nitrogens with two attached hydrogens (primary N) is 1. The van der Waals surface area contributed by atoms with Crippen LogP contribution in [0, 0.1) is 0 Å². The van der Waals surface area contributed by atoms with Crippen LogP contribution >= 0.6 is 0 Å². The van der Waals surface area contributed by atoms with Gasteiger partial charge in [-0.05, 0) is 32.0 Å². The molecule has 1 aliphatic rings. The SMILES string of the molecule is C[C@@H]1c2[nH]c3ccccc3c2C[C@@H](C(N)=O)N1C. The molecule has 3 rings (SSSR count). The first-order valence-corrected chi connectivity index (χ1v) is 6.20. The van der Waals surface area contributed by atoms with E-state index in [0.717, 1.165) is 5.52 Å². The van der Waals surface area contributed by atoms with E-state index in [0.29, 0.717) is 6.42 Å². The number of carbonyl (C=O) groups excluding carboxylic acids is 1. The Balaban J connectivity index is 2.19. The lowest BCUT2D eigenvalue weighted by atomic mass is 9.92. The van der Waals surface area contributed by atoms with Crippen molar-refractivity contribution in [3.8, 4) is 0 Å². The van der Waals surface area contributed by atoms with Crippen LogP contribution in [-0.2, 0) is 11.2 Å². The number of H-pyrrole nitrogens is 1. The van der Waals surface area contributed by atoms with Crippen LogP contribution in [0.4, 0.5) is 0 Å². The normalized spacial score (nSPS) is 24.1. The third-order valence-corrected chi connectivity index (χ3v) is 4.09. The van der Waals surface area contributed by atoms with E-state index in [1.54, 1.807) is 0 Å². The second kappa shape index (κ2) is 3.85. The number of nitrogens with zero attached hydrogens (tertiary/aromatic N) is 1. The highest BCUT2D eigenvalue weighted by atomic mass is 16.1. The average molecular weight is 243 g/mol. The molecule has 4 heteroatoms. The molecule has 0 fully saturated rings. The number of rotatable bonds is 1. The zero-order valence-corrected chi connectivity index (χ0v) is 10.6. The summed E-state index contributed by atoms with van der Waals surface area (Å²) in [5.74, 6) is -0.250. The number of likely N-dealkylation sites (N-methyl/N-ethyl adjacent to an activating group) is 1. The molecular formula is C14H17N3O. The minimum absolute atomic E-state index is 0.179. The van der Waals surface area contributed by atoms with Gasteiger partial charge in [-0.25, -0.2) is 0 Å². The Kier molecular flexibility index (Phi) is 2.41. The maximum absolute atomic E-state index is 11.5. The number of nitrogens with one attached hydrogen (secondary N) is 1. The van der Waals surface area contributed by atoms with Crippen LogP contribution in [0.5, 0.6) is 0 Å². The number of primary amides is 1. The van der Waals surface area contributed by atoms with Crippen LogP contribution in [0.2, 0.25) is 0 Å². The molecule has 0 aliphatic carbocycles. The van der Waals surface area contributed by atoms with Crippen molar-refractivity contribution in [2.75, 3.05) is 7.05 Å². The molecule has 0 saturated heterocycles. The molecule has 18 heavy (non-hydrogen) atoms. The number of amides is 1. The number of para-hydroxylation sites is 1. The van der Waals surface area contributed by atoms with Crippen LogP contribution in [-0.4, -0.2) is 28.9 Å². The second-order valence-electron chi connectivity index (χ2n) is 5.03. The summed E-state index contributed by atoms with van der Waals surface area (Å²) < 4.78 is 0. The summed E-state index contributed by atoms with van der Waals surface area (Å²) in [6.45, 7) is 2.10. The highest BCUT2D eigenvalue weighted by molar-refractivity contribution is 5.87. The van der Waals surface area contributed by atoms with E-state index in [1.807, 2.05) is 24.1 Å². The maximum atomic E-state index is 11.5. The van der Waals surface area contributed by atoms with E-state index in [1.165, 1.54) is 16.6 Å². The van der Waals surface area contributed by atoms with Gasteiger partial charge in [-0.1, -0.05) is 18.2 Å². The molecule has 1 aromatic heterocycles. The Bertz CT molecular complexity index is 617. The third-order valence-electron chi connectivity index (χ3n) is 4.09. The second-order valence-corrected chi connectivity index (χ2v) is 5.03. The Morgan fingerprint density at radius 1 is 1.44 bits per heavy atom. The standard InChI is InChI=1S/C14H17N3O/c1-8-13-10(7-12(14(15)18)17(8)2)9-5-3-4-6-11(9)16-13/h3-6,8,12,16H,7H2,1-2H3,(H2,15,18)/t8-,12+/m1/s1. The van der Waals surface area contributed by atoms with Crippen LogP contribution < -0.4 is 5.73 Å². The van der Waals surface area contributed by atoms with Crippen molar-refractivity contribution in [3.05, 3.63) is 35.5 Å². The monoisotopic (exact) mass is 243 g/mol. The average Bonchev–Trinajstić information content (AvgIpc) is 2.72. The van der Waals surface area contributed by atoms with Crippen LogP contribution in [0.1, 0.15) is 24.2 Å². The zero-order valence-electron chi connectivity index (χ0n) is 10.6. The fourth-order valence-electron chi connectivity index (χ4n) is 2.91. The van der Waals surface area contributed by atoms with E-state index in [-0.39, 0.29) is 18.0 Å². The Labute approximate surface area is 106 Å². The zero-order chi connectivity index (χ0) is 12.9. The molecule has 0 saturated carbocycles. The summed E-state index contributed by atoms with van der Waals surface area (Å²) in [5, 5.41) is 1.21. The third kappa shape index (κ3) is 1.46.